The Morgan fingerprint density at radius 2 is 1.88 bits per heavy atom. The number of piperidine rings is 1. The lowest BCUT2D eigenvalue weighted by Gasteiger charge is -2.57. The zero-order chi connectivity index (χ0) is 28.0. The molecular formula is C29H34N8O3. The number of piperazine rings is 1. The van der Waals surface area contributed by atoms with Gasteiger partial charge in [0.05, 0.1) is 18.8 Å². The molecule has 4 aromatic rings. The summed E-state index contributed by atoms with van der Waals surface area (Å²) in [6.45, 7) is 10.3. The minimum absolute atomic E-state index is 0.208. The number of fused-ring (bicyclic) bond motifs is 3. The highest BCUT2D eigenvalue weighted by molar-refractivity contribution is 5.77. The molecule has 0 saturated carbocycles. The van der Waals surface area contributed by atoms with Gasteiger partial charge in [-0.2, -0.15) is 4.98 Å². The number of pyridine rings is 1. The maximum absolute atomic E-state index is 13.2. The van der Waals surface area contributed by atoms with Gasteiger partial charge in [0, 0.05) is 49.3 Å². The van der Waals surface area contributed by atoms with E-state index in [1.165, 1.54) is 17.3 Å². The Hall–Kier alpha value is -4.06. The standard InChI is InChI=1S/C29H34N8O3/c1-4-12-36-27(39)23-16-30-28(33-26(23)37(36)25-7-5-6-24(32-25)29(2,3)40)31-19-8-10-20(11-9-19)34-17-21-15-22(18-34)35(21)13-14-38/h4-11,16,21-22,38,40H,1,12-15,17-18H2,2-3H3,(H,30,31,33). The molecule has 0 aliphatic carbocycles. The number of rotatable bonds is 9. The number of aliphatic hydroxyl groups is 2. The van der Waals surface area contributed by atoms with Crippen molar-refractivity contribution in [1.82, 2.24) is 29.2 Å². The summed E-state index contributed by atoms with van der Waals surface area (Å²) in [7, 11) is 0. The summed E-state index contributed by atoms with van der Waals surface area (Å²) in [5, 5.41) is 23.4. The Bertz CT molecular complexity index is 1590. The smallest absolute Gasteiger partial charge is 0.278 e. The second kappa shape index (κ2) is 10.2. The summed E-state index contributed by atoms with van der Waals surface area (Å²) >= 11 is 0. The Balaban J connectivity index is 1.28. The molecule has 3 fully saturated rings. The van der Waals surface area contributed by atoms with Gasteiger partial charge in [-0.05, 0) is 56.7 Å². The number of nitrogens with one attached hydrogen (secondary N) is 1. The van der Waals surface area contributed by atoms with Crippen LogP contribution in [0.2, 0.25) is 0 Å². The van der Waals surface area contributed by atoms with E-state index in [2.05, 4.69) is 43.8 Å². The van der Waals surface area contributed by atoms with Gasteiger partial charge >= 0.3 is 0 Å². The van der Waals surface area contributed by atoms with Gasteiger partial charge in [0.1, 0.15) is 11.0 Å². The van der Waals surface area contributed by atoms with E-state index in [0.717, 1.165) is 31.0 Å². The Morgan fingerprint density at radius 1 is 1.12 bits per heavy atom. The number of aromatic nitrogens is 5. The lowest BCUT2D eigenvalue weighted by molar-refractivity contribution is -0.0122. The van der Waals surface area contributed by atoms with Gasteiger partial charge in [0.15, 0.2) is 11.5 Å². The first-order valence-electron chi connectivity index (χ1n) is 13.5. The van der Waals surface area contributed by atoms with E-state index in [9.17, 15) is 15.0 Å². The van der Waals surface area contributed by atoms with E-state index in [-0.39, 0.29) is 18.7 Å². The molecular weight excluding hydrogens is 508 g/mol. The van der Waals surface area contributed by atoms with Gasteiger partial charge in [-0.3, -0.25) is 9.69 Å². The molecule has 3 aliphatic rings. The molecule has 0 amide bonds. The van der Waals surface area contributed by atoms with Crippen molar-refractivity contribution in [2.75, 3.05) is 36.5 Å². The molecule has 2 unspecified atom stereocenters. The highest BCUT2D eigenvalue weighted by Crippen LogP contribution is 2.34. The van der Waals surface area contributed by atoms with Crippen LogP contribution in [-0.4, -0.2) is 77.8 Å². The lowest BCUT2D eigenvalue weighted by atomic mass is 9.87. The maximum atomic E-state index is 13.2. The van der Waals surface area contributed by atoms with Crippen LogP contribution < -0.4 is 15.8 Å². The number of hydrogen-bond donors (Lipinski definition) is 3. The first-order chi connectivity index (χ1) is 19.3. The normalized spacial score (nSPS) is 19.1. The molecule has 1 aromatic carbocycles. The van der Waals surface area contributed by atoms with Gasteiger partial charge in [0.2, 0.25) is 5.95 Å². The second-order valence-electron chi connectivity index (χ2n) is 10.9. The molecule has 2 atom stereocenters. The van der Waals surface area contributed by atoms with Crippen molar-refractivity contribution in [3.05, 3.63) is 77.4 Å². The van der Waals surface area contributed by atoms with Crippen molar-refractivity contribution in [2.24, 2.45) is 0 Å². The van der Waals surface area contributed by atoms with Crippen LogP contribution in [0.15, 0.2) is 66.1 Å². The monoisotopic (exact) mass is 542 g/mol. The van der Waals surface area contributed by atoms with Crippen molar-refractivity contribution in [2.45, 2.75) is 44.5 Å². The molecule has 3 aromatic heterocycles. The summed E-state index contributed by atoms with van der Waals surface area (Å²) in [4.78, 5) is 31.8. The van der Waals surface area contributed by atoms with Gasteiger partial charge in [-0.15, -0.1) is 6.58 Å². The number of nitrogens with zero attached hydrogens (tertiary/aromatic N) is 7. The second-order valence-corrected chi connectivity index (χ2v) is 10.9. The fraction of sp³-hybridized carbons (Fsp3) is 0.379. The van der Waals surface area contributed by atoms with Crippen LogP contribution in [-0.2, 0) is 12.1 Å². The Kier molecular flexibility index (Phi) is 6.65. The van der Waals surface area contributed by atoms with E-state index >= 15 is 0 Å². The highest BCUT2D eigenvalue weighted by atomic mass is 16.3. The van der Waals surface area contributed by atoms with E-state index in [1.54, 1.807) is 42.8 Å². The predicted octanol–water partition coefficient (Wildman–Crippen LogP) is 2.39. The SMILES string of the molecule is C=CCn1c(=O)c2cnc(Nc3ccc(N4CC5CC(C4)N5CCO)cc3)nc2n1-c1cccc(C(C)(C)O)n1. The first kappa shape index (κ1) is 26.2. The highest BCUT2D eigenvalue weighted by Gasteiger charge is 2.44. The number of anilines is 3. The molecule has 0 radical (unpaired) electrons. The molecule has 11 heteroatoms. The third kappa shape index (κ3) is 4.66. The van der Waals surface area contributed by atoms with Crippen molar-refractivity contribution >= 4 is 28.4 Å². The molecule has 3 saturated heterocycles. The van der Waals surface area contributed by atoms with Crippen molar-refractivity contribution in [3.8, 4) is 5.82 Å². The van der Waals surface area contributed by atoms with Crippen LogP contribution in [0, 0.1) is 0 Å². The molecule has 3 N–H and O–H groups in total. The number of hydrogen-bond acceptors (Lipinski definition) is 9. The average Bonchev–Trinajstić information content (AvgIpc) is 3.22. The zero-order valence-corrected chi connectivity index (χ0v) is 22.7. The van der Waals surface area contributed by atoms with Crippen molar-refractivity contribution in [3.63, 3.8) is 0 Å². The van der Waals surface area contributed by atoms with E-state index in [4.69, 9.17) is 4.98 Å². The maximum Gasteiger partial charge on any atom is 0.278 e. The number of aliphatic hydroxyl groups excluding tert-OH is 1. The molecule has 40 heavy (non-hydrogen) atoms. The van der Waals surface area contributed by atoms with Crippen molar-refractivity contribution in [1.29, 1.82) is 0 Å². The van der Waals surface area contributed by atoms with Crippen molar-refractivity contribution < 1.29 is 10.2 Å². The summed E-state index contributed by atoms with van der Waals surface area (Å²) in [6.07, 6.45) is 4.36. The van der Waals surface area contributed by atoms with Crippen LogP contribution >= 0.6 is 0 Å². The largest absolute Gasteiger partial charge is 0.395 e. The molecule has 11 nitrogen and oxygen atoms in total. The Labute approximate surface area is 232 Å². The quantitative estimate of drug-likeness (QED) is 0.274. The Morgan fingerprint density at radius 3 is 2.55 bits per heavy atom. The molecule has 3 aliphatic heterocycles. The number of benzene rings is 1. The third-order valence-corrected chi connectivity index (χ3v) is 7.75. The molecule has 6 heterocycles. The fourth-order valence-electron chi connectivity index (χ4n) is 5.75. The van der Waals surface area contributed by atoms with E-state index in [1.807, 2.05) is 12.1 Å². The summed E-state index contributed by atoms with van der Waals surface area (Å²) in [6, 6.07) is 14.5. The summed E-state index contributed by atoms with van der Waals surface area (Å²) in [5.41, 5.74) is 1.47. The van der Waals surface area contributed by atoms with Gasteiger partial charge in [-0.25, -0.2) is 19.3 Å². The summed E-state index contributed by atoms with van der Waals surface area (Å²) < 4.78 is 3.15. The van der Waals surface area contributed by atoms with Crippen LogP contribution in [0.3, 0.4) is 0 Å². The molecule has 2 bridgehead atoms. The lowest BCUT2D eigenvalue weighted by Crippen LogP contribution is -2.69. The average molecular weight is 543 g/mol. The minimum Gasteiger partial charge on any atom is -0.395 e. The summed E-state index contributed by atoms with van der Waals surface area (Å²) in [5.74, 6) is 0.807. The predicted molar refractivity (Wildman–Crippen MR) is 154 cm³/mol. The van der Waals surface area contributed by atoms with E-state index in [0.29, 0.717) is 40.6 Å². The van der Waals surface area contributed by atoms with E-state index < -0.39 is 5.60 Å². The molecule has 7 rings (SSSR count). The molecule has 208 valence electrons. The first-order valence-corrected chi connectivity index (χ1v) is 13.5. The van der Waals surface area contributed by atoms with Gasteiger partial charge in [-0.1, -0.05) is 12.1 Å². The topological polar surface area (TPSA) is 125 Å². The van der Waals surface area contributed by atoms with Gasteiger partial charge in [0.25, 0.3) is 5.56 Å². The zero-order valence-electron chi connectivity index (χ0n) is 22.7. The number of allylic oxidation sites excluding steroid dienone is 1. The van der Waals surface area contributed by atoms with Crippen LogP contribution in [0.1, 0.15) is 26.0 Å². The van der Waals surface area contributed by atoms with Crippen LogP contribution in [0.5, 0.6) is 0 Å². The third-order valence-electron chi connectivity index (χ3n) is 7.75. The van der Waals surface area contributed by atoms with Crippen LogP contribution in [0.4, 0.5) is 17.3 Å². The minimum atomic E-state index is -1.15. The fourth-order valence-corrected chi connectivity index (χ4v) is 5.75. The van der Waals surface area contributed by atoms with Crippen LogP contribution in [0.25, 0.3) is 16.9 Å². The molecule has 0 spiro atoms. The van der Waals surface area contributed by atoms with Gasteiger partial charge < -0.3 is 20.4 Å².